The molecule has 40 heavy (non-hydrogen) atoms. The Kier molecular flexibility index (Phi) is 8.49. The summed E-state index contributed by atoms with van der Waals surface area (Å²) in [4.78, 5) is 38.3. The molecular formula is C30H38ClN5O4. The van der Waals surface area contributed by atoms with E-state index in [4.69, 9.17) is 20.8 Å². The van der Waals surface area contributed by atoms with Gasteiger partial charge in [-0.05, 0) is 42.4 Å². The molecule has 0 radical (unpaired) electrons. The normalized spacial score (nSPS) is 19.8. The lowest BCUT2D eigenvalue weighted by atomic mass is 9.82. The fraction of sp³-hybridized carbons (Fsp3) is 0.533. The van der Waals surface area contributed by atoms with E-state index in [1.807, 2.05) is 45.0 Å². The van der Waals surface area contributed by atoms with E-state index < -0.39 is 17.5 Å². The Morgan fingerprint density at radius 1 is 1.10 bits per heavy atom. The molecule has 5 rings (SSSR count). The van der Waals surface area contributed by atoms with Gasteiger partial charge in [0.25, 0.3) is 6.01 Å². The summed E-state index contributed by atoms with van der Waals surface area (Å²) in [6, 6.07) is 10.0. The molecule has 2 aromatic heterocycles. The van der Waals surface area contributed by atoms with E-state index in [0.29, 0.717) is 42.0 Å². The van der Waals surface area contributed by atoms with Crippen LogP contribution in [0.2, 0.25) is 5.02 Å². The highest BCUT2D eigenvalue weighted by atomic mass is 35.5. The number of oxazole rings is 1. The molecule has 2 N–H and O–H groups in total. The maximum absolute atomic E-state index is 13.9. The molecule has 1 saturated heterocycles. The van der Waals surface area contributed by atoms with Gasteiger partial charge < -0.3 is 24.7 Å². The number of anilines is 1. The molecule has 3 aromatic rings. The molecule has 1 aliphatic carbocycles. The van der Waals surface area contributed by atoms with E-state index in [9.17, 15) is 9.59 Å². The summed E-state index contributed by atoms with van der Waals surface area (Å²) in [5.41, 5.74) is 0.892. The second-order valence-electron chi connectivity index (χ2n) is 11.9. The molecule has 1 saturated carbocycles. The zero-order chi connectivity index (χ0) is 28.3. The van der Waals surface area contributed by atoms with Crippen molar-refractivity contribution >= 4 is 40.5 Å². The number of ether oxygens (including phenoxy) is 1. The zero-order valence-corrected chi connectivity index (χ0v) is 24.1. The molecule has 0 unspecified atom stereocenters. The Hall–Kier alpha value is -3.33. The van der Waals surface area contributed by atoms with Crippen molar-refractivity contribution in [2.24, 2.45) is 11.3 Å². The van der Waals surface area contributed by atoms with E-state index in [1.54, 1.807) is 17.0 Å². The van der Waals surface area contributed by atoms with Crippen LogP contribution in [-0.2, 0) is 9.59 Å². The first-order valence-electron chi connectivity index (χ1n) is 14.2. The van der Waals surface area contributed by atoms with Gasteiger partial charge in [0.05, 0.1) is 11.6 Å². The fourth-order valence-corrected chi connectivity index (χ4v) is 5.73. The molecule has 3 heterocycles. The van der Waals surface area contributed by atoms with E-state index in [1.165, 1.54) is 12.6 Å². The molecule has 1 aromatic carbocycles. The first kappa shape index (κ1) is 28.2. The van der Waals surface area contributed by atoms with Crippen molar-refractivity contribution in [1.82, 2.24) is 20.2 Å². The van der Waals surface area contributed by atoms with Crippen LogP contribution in [-0.4, -0.2) is 58.0 Å². The second-order valence-corrected chi connectivity index (χ2v) is 12.4. The Morgan fingerprint density at radius 2 is 1.88 bits per heavy atom. The fourth-order valence-electron chi connectivity index (χ4n) is 5.62. The van der Waals surface area contributed by atoms with Crippen LogP contribution in [0.5, 0.6) is 5.88 Å². The quantitative estimate of drug-likeness (QED) is 0.372. The highest BCUT2D eigenvalue weighted by molar-refractivity contribution is 6.30. The summed E-state index contributed by atoms with van der Waals surface area (Å²) in [5, 5.41) is 6.95. The number of aromatic nitrogens is 2. The van der Waals surface area contributed by atoms with Crippen LogP contribution >= 0.6 is 11.6 Å². The van der Waals surface area contributed by atoms with E-state index in [-0.39, 0.29) is 23.8 Å². The van der Waals surface area contributed by atoms with Crippen molar-refractivity contribution in [3.63, 3.8) is 0 Å². The molecule has 3 atom stereocenters. The van der Waals surface area contributed by atoms with Crippen molar-refractivity contribution in [3.8, 4) is 5.88 Å². The summed E-state index contributed by atoms with van der Waals surface area (Å²) < 4.78 is 11.9. The molecule has 10 heteroatoms. The molecule has 9 nitrogen and oxygen atoms in total. The van der Waals surface area contributed by atoms with Gasteiger partial charge in [0.15, 0.2) is 5.58 Å². The lowest BCUT2D eigenvalue weighted by molar-refractivity contribution is -0.139. The monoisotopic (exact) mass is 567 g/mol. The Bertz CT molecular complexity index is 1280. The van der Waals surface area contributed by atoms with Crippen LogP contribution in [0, 0.1) is 11.3 Å². The Morgan fingerprint density at radius 3 is 2.58 bits per heavy atom. The highest BCUT2D eigenvalue weighted by Crippen LogP contribution is 2.31. The number of rotatable bonds is 8. The van der Waals surface area contributed by atoms with Crippen LogP contribution in [0.3, 0.4) is 0 Å². The number of hydrogen-bond donors (Lipinski definition) is 2. The number of halogens is 1. The molecule has 1 aliphatic heterocycles. The minimum atomic E-state index is -0.705. The summed E-state index contributed by atoms with van der Waals surface area (Å²) >= 11 is 5.93. The first-order valence-corrected chi connectivity index (χ1v) is 14.5. The van der Waals surface area contributed by atoms with Crippen LogP contribution in [0.4, 0.5) is 6.01 Å². The molecule has 2 amide bonds. The molecular weight excluding hydrogens is 530 g/mol. The number of benzene rings is 1. The molecule has 214 valence electrons. The van der Waals surface area contributed by atoms with Crippen molar-refractivity contribution < 1.29 is 18.7 Å². The number of hydrogen-bond acceptors (Lipinski definition) is 7. The Labute approximate surface area is 240 Å². The first-order chi connectivity index (χ1) is 19.2. The topological polar surface area (TPSA) is 110 Å². The third-order valence-electron chi connectivity index (χ3n) is 7.82. The summed E-state index contributed by atoms with van der Waals surface area (Å²) in [6.45, 7) is 6.90. The number of nitrogens with zero attached hydrogens (tertiary/aromatic N) is 3. The minimum absolute atomic E-state index is 0.111. The average Bonchev–Trinajstić information content (AvgIpc) is 3.58. The van der Waals surface area contributed by atoms with Gasteiger partial charge in [-0.1, -0.05) is 63.8 Å². The molecule has 2 fully saturated rings. The van der Waals surface area contributed by atoms with Gasteiger partial charge in [-0.25, -0.2) is 4.98 Å². The summed E-state index contributed by atoms with van der Waals surface area (Å²) in [5.74, 6) is 0.279. The summed E-state index contributed by atoms with van der Waals surface area (Å²) in [6.07, 6.45) is 7.23. The van der Waals surface area contributed by atoms with Crippen molar-refractivity contribution in [3.05, 3.63) is 47.6 Å². The highest BCUT2D eigenvalue weighted by Gasteiger charge is 2.41. The molecule has 0 bridgehead atoms. The average molecular weight is 568 g/mol. The van der Waals surface area contributed by atoms with Crippen molar-refractivity contribution in [2.75, 3.05) is 18.4 Å². The second kappa shape index (κ2) is 12.0. The molecule has 0 spiro atoms. The number of fused-ring (bicyclic) bond motifs is 1. The lowest BCUT2D eigenvalue weighted by Gasteiger charge is -2.36. The van der Waals surface area contributed by atoms with Gasteiger partial charge in [-0.15, -0.1) is 0 Å². The Balaban J connectivity index is 1.29. The van der Waals surface area contributed by atoms with Gasteiger partial charge in [-0.3, -0.25) is 9.59 Å². The van der Waals surface area contributed by atoms with Gasteiger partial charge in [0.1, 0.15) is 23.7 Å². The van der Waals surface area contributed by atoms with E-state index in [0.717, 1.165) is 31.2 Å². The molecule has 2 aliphatic rings. The van der Waals surface area contributed by atoms with Gasteiger partial charge in [0.2, 0.25) is 17.7 Å². The zero-order valence-electron chi connectivity index (χ0n) is 23.4. The van der Waals surface area contributed by atoms with Crippen LogP contribution in [0.1, 0.15) is 59.3 Å². The maximum Gasteiger partial charge on any atom is 0.296 e. The number of carbonyl (C=O) groups is 2. The van der Waals surface area contributed by atoms with Gasteiger partial charge in [-0.2, -0.15) is 4.98 Å². The predicted octanol–water partition coefficient (Wildman–Crippen LogP) is 5.45. The van der Waals surface area contributed by atoms with Gasteiger partial charge >= 0.3 is 0 Å². The number of carbonyl (C=O) groups excluding carboxylic acids is 2. The van der Waals surface area contributed by atoms with Crippen molar-refractivity contribution in [2.45, 2.75) is 77.5 Å². The number of amides is 2. The lowest BCUT2D eigenvalue weighted by Crippen LogP contribution is -2.58. The summed E-state index contributed by atoms with van der Waals surface area (Å²) in [7, 11) is 0. The smallest absolute Gasteiger partial charge is 0.296 e. The number of pyridine rings is 1. The maximum atomic E-state index is 13.9. The minimum Gasteiger partial charge on any atom is -0.472 e. The van der Waals surface area contributed by atoms with Crippen LogP contribution < -0.4 is 15.4 Å². The predicted molar refractivity (Wildman–Crippen MR) is 154 cm³/mol. The van der Waals surface area contributed by atoms with Gasteiger partial charge in [0, 0.05) is 25.2 Å². The van der Waals surface area contributed by atoms with E-state index >= 15 is 0 Å². The largest absolute Gasteiger partial charge is 0.472 e. The van der Waals surface area contributed by atoms with E-state index in [2.05, 4.69) is 20.6 Å². The van der Waals surface area contributed by atoms with Crippen LogP contribution in [0.25, 0.3) is 11.1 Å². The third-order valence-corrected chi connectivity index (χ3v) is 8.04. The third kappa shape index (κ3) is 6.69. The number of nitrogens with one attached hydrogen (secondary N) is 2. The SMILES string of the molecule is CC(C)(C)[C@H](NC(=O)[C@@H](Nc1nc2ccccc2o1)C1CCCCC1)C(=O)N1CC[C@@H](Oc2ccc(Cl)cn2)C1. The number of likely N-dealkylation sites (tertiary alicyclic amines) is 1. The van der Waals surface area contributed by atoms with Crippen LogP contribution in [0.15, 0.2) is 47.0 Å². The number of para-hydroxylation sites is 2. The standard InChI is InChI=1S/C30H38ClN5O4/c1-30(2,3)26(28(38)36-16-15-21(18-36)39-24-14-13-20(31)17-32-24)35-27(37)25(19-9-5-4-6-10-19)34-29-33-22-11-7-8-12-23(22)40-29/h7-8,11-14,17,19,21,25-26H,4-6,9-10,15-16,18H2,1-3H3,(H,33,34)(H,35,37)/t21-,25+,26-/m1/s1. The van der Waals surface area contributed by atoms with Crippen molar-refractivity contribution in [1.29, 1.82) is 0 Å².